The van der Waals surface area contributed by atoms with Gasteiger partial charge in [-0.1, -0.05) is 173 Å². The highest BCUT2D eigenvalue weighted by atomic mass is 16.7. The van der Waals surface area contributed by atoms with E-state index in [0.717, 1.165) is 44.9 Å². The van der Waals surface area contributed by atoms with Gasteiger partial charge in [0.15, 0.2) is 6.29 Å². The molecule has 0 bridgehead atoms. The molecular weight excluding hydrogens is 682 g/mol. The Morgan fingerprint density at radius 3 is 1.59 bits per heavy atom. The van der Waals surface area contributed by atoms with Gasteiger partial charge in [0, 0.05) is 6.42 Å². The van der Waals surface area contributed by atoms with Crippen LogP contribution >= 0.6 is 0 Å². The van der Waals surface area contributed by atoms with Crippen LogP contribution in [0.5, 0.6) is 0 Å². The SMILES string of the molecule is CCCCCCC/C=C\C/C=C\CCCCCCCCCCCCCCCC(=O)NC(COC1OC(CO)C(O)C(O)C1O)C(O)CCCCCCCC. The first-order valence-corrected chi connectivity index (χ1v) is 22.5. The Morgan fingerprint density at radius 1 is 0.630 bits per heavy atom. The van der Waals surface area contributed by atoms with Gasteiger partial charge in [0.2, 0.25) is 5.91 Å². The van der Waals surface area contributed by atoms with Gasteiger partial charge in [-0.2, -0.15) is 0 Å². The predicted molar refractivity (Wildman–Crippen MR) is 221 cm³/mol. The van der Waals surface area contributed by atoms with Crippen LogP contribution in [-0.2, 0) is 14.3 Å². The highest BCUT2D eigenvalue weighted by Gasteiger charge is 2.44. The first-order chi connectivity index (χ1) is 26.3. The summed E-state index contributed by atoms with van der Waals surface area (Å²) in [6, 6.07) is -0.713. The molecule has 0 aromatic heterocycles. The van der Waals surface area contributed by atoms with Gasteiger partial charge < -0.3 is 40.3 Å². The van der Waals surface area contributed by atoms with E-state index in [9.17, 15) is 30.3 Å². The van der Waals surface area contributed by atoms with Gasteiger partial charge in [0.1, 0.15) is 24.4 Å². The van der Waals surface area contributed by atoms with Crippen molar-refractivity contribution >= 4 is 5.91 Å². The number of unbranched alkanes of at least 4 members (excludes halogenated alkanes) is 23. The van der Waals surface area contributed by atoms with Crippen molar-refractivity contribution in [2.75, 3.05) is 13.2 Å². The van der Waals surface area contributed by atoms with Gasteiger partial charge >= 0.3 is 0 Å². The molecule has 1 aliphatic heterocycles. The Balaban J connectivity index is 2.15. The van der Waals surface area contributed by atoms with Crippen LogP contribution in [0.4, 0.5) is 0 Å². The van der Waals surface area contributed by atoms with Crippen LogP contribution < -0.4 is 5.32 Å². The summed E-state index contributed by atoms with van der Waals surface area (Å²) in [4.78, 5) is 12.9. The third kappa shape index (κ3) is 26.5. The Labute approximate surface area is 330 Å². The minimum Gasteiger partial charge on any atom is -0.394 e. The van der Waals surface area contributed by atoms with Crippen LogP contribution in [0.1, 0.15) is 200 Å². The number of nitrogens with one attached hydrogen (secondary N) is 1. The number of aliphatic hydroxyl groups is 5. The minimum absolute atomic E-state index is 0.138. The Kier molecular flexibility index (Phi) is 33.8. The molecular formula is C45H85NO8. The van der Waals surface area contributed by atoms with Crippen molar-refractivity contribution in [2.24, 2.45) is 0 Å². The summed E-state index contributed by atoms with van der Waals surface area (Å²) < 4.78 is 11.2. The molecule has 9 nitrogen and oxygen atoms in total. The highest BCUT2D eigenvalue weighted by molar-refractivity contribution is 5.76. The second-order valence-electron chi connectivity index (χ2n) is 15.8. The van der Waals surface area contributed by atoms with E-state index in [2.05, 4.69) is 43.5 Å². The topological polar surface area (TPSA) is 149 Å². The lowest BCUT2D eigenvalue weighted by Gasteiger charge is -2.40. The molecule has 0 aliphatic carbocycles. The molecule has 9 heteroatoms. The number of carbonyl (C=O) groups excluding carboxylic acids is 1. The Hall–Kier alpha value is -1.33. The molecule has 1 heterocycles. The first-order valence-electron chi connectivity index (χ1n) is 22.5. The lowest BCUT2D eigenvalue weighted by Crippen LogP contribution is -2.60. The third-order valence-electron chi connectivity index (χ3n) is 10.8. The lowest BCUT2D eigenvalue weighted by molar-refractivity contribution is -0.302. The van der Waals surface area contributed by atoms with Gasteiger partial charge in [-0.05, 0) is 44.9 Å². The van der Waals surface area contributed by atoms with Crippen LogP contribution in [0.15, 0.2) is 24.3 Å². The smallest absolute Gasteiger partial charge is 0.220 e. The van der Waals surface area contributed by atoms with Gasteiger partial charge in [0.25, 0.3) is 0 Å². The molecule has 7 atom stereocenters. The highest BCUT2D eigenvalue weighted by Crippen LogP contribution is 2.23. The van der Waals surface area contributed by atoms with E-state index in [-0.39, 0.29) is 12.5 Å². The quantitative estimate of drug-likeness (QED) is 0.0271. The summed E-state index contributed by atoms with van der Waals surface area (Å²) in [6.07, 6.45) is 35.1. The molecule has 1 fully saturated rings. The number of amides is 1. The molecule has 318 valence electrons. The van der Waals surface area contributed by atoms with Crippen LogP contribution in [0.25, 0.3) is 0 Å². The molecule has 0 saturated carbocycles. The van der Waals surface area contributed by atoms with Crippen molar-refractivity contribution in [3.63, 3.8) is 0 Å². The maximum Gasteiger partial charge on any atom is 0.220 e. The summed E-state index contributed by atoms with van der Waals surface area (Å²) in [5, 5.41) is 53.9. The van der Waals surface area contributed by atoms with Gasteiger partial charge in [-0.3, -0.25) is 4.79 Å². The van der Waals surface area contributed by atoms with Crippen LogP contribution in [0.2, 0.25) is 0 Å². The van der Waals surface area contributed by atoms with E-state index >= 15 is 0 Å². The predicted octanol–water partition coefficient (Wildman–Crippen LogP) is 9.11. The van der Waals surface area contributed by atoms with Crippen molar-refractivity contribution in [3.8, 4) is 0 Å². The fourth-order valence-electron chi connectivity index (χ4n) is 7.13. The number of ether oxygens (including phenoxy) is 2. The van der Waals surface area contributed by atoms with Crippen LogP contribution in [-0.4, -0.2) is 87.5 Å². The normalized spacial score (nSPS) is 21.6. The van der Waals surface area contributed by atoms with Crippen molar-refractivity contribution in [1.29, 1.82) is 0 Å². The van der Waals surface area contributed by atoms with Gasteiger partial charge in [0.05, 0.1) is 25.4 Å². The van der Waals surface area contributed by atoms with Crippen molar-refractivity contribution < 1.29 is 39.8 Å². The molecule has 1 rings (SSSR count). The lowest BCUT2D eigenvalue weighted by atomic mass is 9.99. The average Bonchev–Trinajstić information content (AvgIpc) is 3.17. The summed E-state index contributed by atoms with van der Waals surface area (Å²) in [7, 11) is 0. The number of hydrogen-bond acceptors (Lipinski definition) is 8. The zero-order valence-electron chi connectivity index (χ0n) is 34.7. The number of rotatable bonds is 37. The van der Waals surface area contributed by atoms with E-state index in [4.69, 9.17) is 9.47 Å². The molecule has 54 heavy (non-hydrogen) atoms. The van der Waals surface area contributed by atoms with E-state index in [1.807, 2.05) is 0 Å². The number of hydrogen-bond donors (Lipinski definition) is 6. The van der Waals surface area contributed by atoms with E-state index in [1.165, 1.54) is 128 Å². The first kappa shape index (κ1) is 50.7. The molecule has 6 N–H and O–H groups in total. The summed E-state index contributed by atoms with van der Waals surface area (Å²) in [5.74, 6) is -0.151. The number of aliphatic hydroxyl groups excluding tert-OH is 5. The molecule has 1 saturated heterocycles. The average molecular weight is 768 g/mol. The van der Waals surface area contributed by atoms with Crippen molar-refractivity contribution in [2.45, 2.75) is 243 Å². The van der Waals surface area contributed by atoms with E-state index in [1.54, 1.807) is 0 Å². The Bertz CT molecular complexity index is 899. The monoisotopic (exact) mass is 768 g/mol. The second-order valence-corrected chi connectivity index (χ2v) is 15.8. The fraction of sp³-hybridized carbons (Fsp3) is 0.889. The fourth-order valence-corrected chi connectivity index (χ4v) is 7.13. The van der Waals surface area contributed by atoms with Crippen LogP contribution in [0, 0.1) is 0 Å². The number of allylic oxidation sites excluding steroid dienone is 4. The van der Waals surface area contributed by atoms with Crippen molar-refractivity contribution in [1.82, 2.24) is 5.32 Å². The second kappa shape index (κ2) is 36.0. The largest absolute Gasteiger partial charge is 0.394 e. The van der Waals surface area contributed by atoms with E-state index < -0.39 is 49.5 Å². The summed E-state index contributed by atoms with van der Waals surface area (Å²) in [6.45, 7) is 3.75. The van der Waals surface area contributed by atoms with Crippen LogP contribution in [0.3, 0.4) is 0 Å². The third-order valence-corrected chi connectivity index (χ3v) is 10.8. The Morgan fingerprint density at radius 2 is 1.09 bits per heavy atom. The maximum absolute atomic E-state index is 12.9. The number of carbonyl (C=O) groups is 1. The minimum atomic E-state index is -1.55. The molecule has 0 aromatic carbocycles. The molecule has 0 spiro atoms. The van der Waals surface area contributed by atoms with Gasteiger partial charge in [-0.25, -0.2) is 0 Å². The van der Waals surface area contributed by atoms with E-state index in [0.29, 0.717) is 12.8 Å². The summed E-state index contributed by atoms with van der Waals surface area (Å²) in [5.41, 5.74) is 0. The summed E-state index contributed by atoms with van der Waals surface area (Å²) >= 11 is 0. The molecule has 0 radical (unpaired) electrons. The zero-order valence-corrected chi connectivity index (χ0v) is 34.7. The standard InChI is InChI=1S/C45H85NO8/c1-3-5-7-9-11-12-13-14-15-16-17-18-19-20-21-22-23-24-25-26-27-28-29-31-33-35-41(49)46-38(39(48)34-32-30-10-8-6-4-2)37-53-45-44(52)43(51)42(50)40(36-47)54-45/h13-14,16-17,38-40,42-45,47-48,50-52H,3-12,15,18-37H2,1-2H3,(H,46,49)/b14-13-,17-16-. The maximum atomic E-state index is 12.9. The zero-order chi connectivity index (χ0) is 39.5. The molecule has 1 amide bonds. The van der Waals surface area contributed by atoms with Gasteiger partial charge in [-0.15, -0.1) is 0 Å². The molecule has 1 aliphatic rings. The molecule has 7 unspecified atom stereocenters. The molecule has 0 aromatic rings. The van der Waals surface area contributed by atoms with Crippen molar-refractivity contribution in [3.05, 3.63) is 24.3 Å².